The minimum atomic E-state index is -0.0342. The molecule has 0 heterocycles. The number of hydrogen-bond donors (Lipinski definition) is 2. The lowest BCUT2D eigenvalue weighted by atomic mass is 10.1. The summed E-state index contributed by atoms with van der Waals surface area (Å²) >= 11 is 0. The van der Waals surface area contributed by atoms with Gasteiger partial charge in [-0.1, -0.05) is 6.92 Å². The zero-order valence-electron chi connectivity index (χ0n) is 6.76. The molecular weight excluding hydrogens is 140 g/mol. The average Bonchev–Trinajstić information content (AvgIpc) is 2.72. The highest BCUT2D eigenvalue weighted by Gasteiger charge is 2.24. The van der Waals surface area contributed by atoms with Crippen LogP contribution in [0.1, 0.15) is 26.2 Å². The molecule has 2 N–H and O–H groups in total. The molecule has 1 atom stereocenters. The number of amides is 1. The van der Waals surface area contributed by atoms with Crippen LogP contribution in [0.15, 0.2) is 0 Å². The average molecular weight is 154 g/mol. The van der Waals surface area contributed by atoms with E-state index in [2.05, 4.69) is 5.32 Å². The molecule has 0 radical (unpaired) electrons. The fourth-order valence-electron chi connectivity index (χ4n) is 0.855. The van der Waals surface area contributed by atoms with Crippen LogP contribution >= 0.6 is 0 Å². The predicted octanol–water partition coefficient (Wildman–Crippen LogP) is 0.941. The van der Waals surface area contributed by atoms with E-state index < -0.39 is 0 Å². The van der Waals surface area contributed by atoms with Gasteiger partial charge in [-0.05, 0) is 25.5 Å². The van der Waals surface area contributed by atoms with Gasteiger partial charge >= 0.3 is 0 Å². The van der Waals surface area contributed by atoms with Gasteiger partial charge in [-0.2, -0.15) is 0 Å². The lowest BCUT2D eigenvalue weighted by Crippen LogP contribution is -2.30. The standard InChI is InChI=1S/C8H14N2O/c1-6(4-5-9)8(11)10-7-2-3-7/h5-7,9H,2-4H2,1H3,(H,10,11)/t6-/m0/s1. The number of carbonyl (C=O) groups excluding carboxylic acids is 1. The highest BCUT2D eigenvalue weighted by molar-refractivity contribution is 5.81. The largest absolute Gasteiger partial charge is 0.353 e. The molecule has 0 saturated heterocycles. The molecule has 0 aromatic rings. The highest BCUT2D eigenvalue weighted by atomic mass is 16.1. The maximum atomic E-state index is 11.2. The van der Waals surface area contributed by atoms with Crippen LogP contribution in [0.2, 0.25) is 0 Å². The fraction of sp³-hybridized carbons (Fsp3) is 0.750. The van der Waals surface area contributed by atoms with E-state index in [4.69, 9.17) is 5.41 Å². The minimum absolute atomic E-state index is 0.0342. The van der Waals surface area contributed by atoms with Crippen molar-refractivity contribution in [3.05, 3.63) is 0 Å². The van der Waals surface area contributed by atoms with Crippen molar-refractivity contribution in [2.24, 2.45) is 5.92 Å². The van der Waals surface area contributed by atoms with Gasteiger partial charge in [0.25, 0.3) is 0 Å². The second-order valence-corrected chi connectivity index (χ2v) is 3.12. The van der Waals surface area contributed by atoms with Gasteiger partial charge in [0.15, 0.2) is 0 Å². The quantitative estimate of drug-likeness (QED) is 0.582. The molecule has 3 heteroatoms. The van der Waals surface area contributed by atoms with Crippen LogP contribution < -0.4 is 5.32 Å². The molecule has 1 saturated carbocycles. The van der Waals surface area contributed by atoms with E-state index in [1.807, 2.05) is 6.92 Å². The molecule has 0 unspecified atom stereocenters. The summed E-state index contributed by atoms with van der Waals surface area (Å²) in [6, 6.07) is 0.440. The van der Waals surface area contributed by atoms with E-state index in [1.165, 1.54) is 6.21 Å². The fourth-order valence-corrected chi connectivity index (χ4v) is 0.855. The Hall–Kier alpha value is -0.860. The van der Waals surface area contributed by atoms with E-state index in [9.17, 15) is 4.79 Å². The third-order valence-electron chi connectivity index (χ3n) is 1.84. The molecule has 0 spiro atoms. The molecule has 0 aliphatic heterocycles. The number of carbonyl (C=O) groups is 1. The minimum Gasteiger partial charge on any atom is -0.353 e. The molecule has 1 aliphatic rings. The van der Waals surface area contributed by atoms with Crippen LogP contribution in [-0.4, -0.2) is 18.2 Å². The van der Waals surface area contributed by atoms with Crippen LogP contribution in [-0.2, 0) is 4.79 Å². The molecule has 1 amide bonds. The van der Waals surface area contributed by atoms with Crippen molar-refractivity contribution >= 4 is 12.1 Å². The maximum absolute atomic E-state index is 11.2. The molecule has 0 aromatic carbocycles. The van der Waals surface area contributed by atoms with E-state index in [1.54, 1.807) is 0 Å². The van der Waals surface area contributed by atoms with E-state index >= 15 is 0 Å². The third-order valence-corrected chi connectivity index (χ3v) is 1.84. The Labute approximate surface area is 66.7 Å². The number of rotatable bonds is 4. The second kappa shape index (κ2) is 3.51. The Morgan fingerprint density at radius 1 is 1.82 bits per heavy atom. The van der Waals surface area contributed by atoms with Crippen LogP contribution in [0.4, 0.5) is 0 Å². The summed E-state index contributed by atoms with van der Waals surface area (Å²) in [5.41, 5.74) is 0. The Morgan fingerprint density at radius 2 is 2.45 bits per heavy atom. The van der Waals surface area contributed by atoms with Crippen molar-refractivity contribution in [2.75, 3.05) is 0 Å². The van der Waals surface area contributed by atoms with E-state index in [-0.39, 0.29) is 11.8 Å². The van der Waals surface area contributed by atoms with Crippen molar-refractivity contribution in [1.82, 2.24) is 5.32 Å². The molecule has 0 bridgehead atoms. The smallest absolute Gasteiger partial charge is 0.223 e. The summed E-state index contributed by atoms with van der Waals surface area (Å²) in [6.45, 7) is 1.85. The lowest BCUT2D eigenvalue weighted by Gasteiger charge is -2.07. The van der Waals surface area contributed by atoms with Crippen LogP contribution in [0, 0.1) is 11.3 Å². The van der Waals surface area contributed by atoms with Gasteiger partial charge in [0.2, 0.25) is 5.91 Å². The normalized spacial score (nSPS) is 19.0. The molecule has 1 rings (SSSR count). The van der Waals surface area contributed by atoms with Gasteiger partial charge in [-0.3, -0.25) is 4.79 Å². The van der Waals surface area contributed by atoms with Gasteiger partial charge in [0.05, 0.1) is 0 Å². The van der Waals surface area contributed by atoms with Gasteiger partial charge in [0, 0.05) is 12.0 Å². The van der Waals surface area contributed by atoms with Crippen molar-refractivity contribution in [1.29, 1.82) is 5.41 Å². The summed E-state index contributed by atoms with van der Waals surface area (Å²) in [6.07, 6.45) is 4.10. The Morgan fingerprint density at radius 3 is 2.91 bits per heavy atom. The molecule has 1 aliphatic carbocycles. The zero-order chi connectivity index (χ0) is 8.27. The first-order valence-electron chi connectivity index (χ1n) is 4.03. The summed E-state index contributed by atoms with van der Waals surface area (Å²) in [5, 5.41) is 9.72. The van der Waals surface area contributed by atoms with Gasteiger partial charge in [-0.25, -0.2) is 0 Å². The SMILES string of the molecule is C[C@@H](CC=N)C(=O)NC1CC1. The highest BCUT2D eigenvalue weighted by Crippen LogP contribution is 2.19. The summed E-state index contributed by atoms with van der Waals surface area (Å²) in [4.78, 5) is 11.2. The first kappa shape index (κ1) is 8.24. The zero-order valence-corrected chi connectivity index (χ0v) is 6.76. The molecule has 11 heavy (non-hydrogen) atoms. The van der Waals surface area contributed by atoms with E-state index in [0.29, 0.717) is 12.5 Å². The number of nitrogens with one attached hydrogen (secondary N) is 2. The van der Waals surface area contributed by atoms with Gasteiger partial charge in [-0.15, -0.1) is 0 Å². The van der Waals surface area contributed by atoms with Gasteiger partial charge in [0.1, 0.15) is 0 Å². The van der Waals surface area contributed by atoms with Crippen LogP contribution in [0.3, 0.4) is 0 Å². The third kappa shape index (κ3) is 2.70. The molecular formula is C8H14N2O. The first-order valence-corrected chi connectivity index (χ1v) is 4.03. The summed E-state index contributed by atoms with van der Waals surface area (Å²) in [5.74, 6) is 0.0594. The van der Waals surface area contributed by atoms with Gasteiger partial charge < -0.3 is 10.7 Å². The monoisotopic (exact) mass is 154 g/mol. The number of hydrogen-bond acceptors (Lipinski definition) is 2. The second-order valence-electron chi connectivity index (χ2n) is 3.12. The van der Waals surface area contributed by atoms with Crippen LogP contribution in [0.5, 0.6) is 0 Å². The predicted molar refractivity (Wildman–Crippen MR) is 43.7 cm³/mol. The Bertz CT molecular complexity index is 163. The maximum Gasteiger partial charge on any atom is 0.223 e. The van der Waals surface area contributed by atoms with Crippen LogP contribution in [0.25, 0.3) is 0 Å². The topological polar surface area (TPSA) is 53.0 Å². The van der Waals surface area contributed by atoms with E-state index in [0.717, 1.165) is 12.8 Å². The first-order chi connectivity index (χ1) is 5.24. The molecule has 62 valence electrons. The summed E-state index contributed by atoms with van der Waals surface area (Å²) in [7, 11) is 0. The Kier molecular flexibility index (Phi) is 2.63. The van der Waals surface area contributed by atoms with Crippen molar-refractivity contribution in [3.63, 3.8) is 0 Å². The Balaban J connectivity index is 2.20. The van der Waals surface area contributed by atoms with Crippen molar-refractivity contribution in [2.45, 2.75) is 32.2 Å². The summed E-state index contributed by atoms with van der Waals surface area (Å²) < 4.78 is 0. The molecule has 1 fully saturated rings. The lowest BCUT2D eigenvalue weighted by molar-refractivity contribution is -0.124. The van der Waals surface area contributed by atoms with Crippen molar-refractivity contribution < 1.29 is 4.79 Å². The molecule has 0 aromatic heterocycles. The van der Waals surface area contributed by atoms with Crippen molar-refractivity contribution in [3.8, 4) is 0 Å². The molecule has 3 nitrogen and oxygen atoms in total.